The summed E-state index contributed by atoms with van der Waals surface area (Å²) in [7, 11) is -1.75. The molecule has 0 fully saturated rings. The Labute approximate surface area is 139 Å². The molecule has 1 N–H and O–H groups in total. The molecule has 0 aliphatic rings. The molecule has 120 valence electrons. The number of methoxy groups -OCH3 is 1. The van der Waals surface area contributed by atoms with Crippen LogP contribution in [0.4, 0.5) is 0 Å². The van der Waals surface area contributed by atoms with Gasteiger partial charge in [0.2, 0.25) is 10.0 Å². The Morgan fingerprint density at radius 2 is 2.05 bits per heavy atom. The summed E-state index contributed by atoms with van der Waals surface area (Å²) in [5, 5.41) is 3.40. The van der Waals surface area contributed by atoms with E-state index >= 15 is 0 Å². The van der Waals surface area contributed by atoms with Gasteiger partial charge in [-0.25, -0.2) is 18.1 Å². The Balaban J connectivity index is 1.82. The number of nitrogens with one attached hydrogen (secondary N) is 1. The lowest BCUT2D eigenvalue weighted by molar-refractivity contribution is 0.184. The predicted octanol–water partition coefficient (Wildman–Crippen LogP) is 2.61. The fourth-order valence-electron chi connectivity index (χ4n) is 1.84. The van der Waals surface area contributed by atoms with Crippen LogP contribution in [0, 0.1) is 0 Å². The topological polar surface area (TPSA) is 68.3 Å². The normalized spacial score (nSPS) is 11.7. The quantitative estimate of drug-likeness (QED) is 0.785. The van der Waals surface area contributed by atoms with Crippen molar-refractivity contribution in [3.05, 3.63) is 50.9 Å². The average molecular weight is 361 g/mol. The van der Waals surface area contributed by atoms with Crippen LogP contribution in [0.2, 0.25) is 5.02 Å². The van der Waals surface area contributed by atoms with Crippen LogP contribution in [-0.4, -0.2) is 27.1 Å². The van der Waals surface area contributed by atoms with E-state index in [-0.39, 0.29) is 5.75 Å². The number of ether oxygens (including phenoxy) is 1. The minimum atomic E-state index is -3.36. The number of aromatic nitrogens is 1. The van der Waals surface area contributed by atoms with Crippen LogP contribution >= 0.6 is 22.9 Å². The third kappa shape index (κ3) is 5.66. The molecule has 5 nitrogen and oxygen atoms in total. The van der Waals surface area contributed by atoms with Crippen molar-refractivity contribution in [2.75, 3.05) is 13.7 Å². The van der Waals surface area contributed by atoms with Gasteiger partial charge in [-0.2, -0.15) is 0 Å². The third-order valence-corrected chi connectivity index (χ3v) is 5.32. The van der Waals surface area contributed by atoms with Gasteiger partial charge >= 0.3 is 0 Å². The summed E-state index contributed by atoms with van der Waals surface area (Å²) in [6.45, 7) is 0.805. The van der Waals surface area contributed by atoms with Crippen LogP contribution < -0.4 is 4.72 Å². The standard InChI is InChI=1S/C14H17ClN2O3S2/c1-20-8-14-17-13(9-21-14)6-7-16-22(18,19)10-11-2-4-12(15)5-3-11/h2-5,9,16H,6-8,10H2,1H3. The predicted molar refractivity (Wildman–Crippen MR) is 88.6 cm³/mol. The first-order valence-corrected chi connectivity index (χ1v) is 9.53. The van der Waals surface area contributed by atoms with Crippen LogP contribution in [0.15, 0.2) is 29.6 Å². The first kappa shape index (κ1) is 17.4. The highest BCUT2D eigenvalue weighted by Crippen LogP contribution is 2.12. The van der Waals surface area contributed by atoms with Gasteiger partial charge in [-0.15, -0.1) is 11.3 Å². The van der Waals surface area contributed by atoms with E-state index < -0.39 is 10.0 Å². The van der Waals surface area contributed by atoms with E-state index in [2.05, 4.69) is 9.71 Å². The number of sulfonamides is 1. The summed E-state index contributed by atoms with van der Waals surface area (Å²) in [5.41, 5.74) is 1.57. The van der Waals surface area contributed by atoms with Crippen LogP contribution in [0.5, 0.6) is 0 Å². The Morgan fingerprint density at radius 3 is 2.73 bits per heavy atom. The molecule has 22 heavy (non-hydrogen) atoms. The van der Waals surface area contributed by atoms with Crippen molar-refractivity contribution < 1.29 is 13.2 Å². The highest BCUT2D eigenvalue weighted by molar-refractivity contribution is 7.88. The Kier molecular flexibility index (Phi) is 6.34. The van der Waals surface area contributed by atoms with Gasteiger partial charge in [0.1, 0.15) is 5.01 Å². The van der Waals surface area contributed by atoms with Crippen LogP contribution in [0.1, 0.15) is 16.3 Å². The lowest BCUT2D eigenvalue weighted by Crippen LogP contribution is -2.27. The zero-order chi connectivity index (χ0) is 16.0. The average Bonchev–Trinajstić information content (AvgIpc) is 2.89. The van der Waals surface area contributed by atoms with Crippen molar-refractivity contribution in [3.8, 4) is 0 Å². The minimum absolute atomic E-state index is 0.0594. The van der Waals surface area contributed by atoms with Crippen molar-refractivity contribution in [1.29, 1.82) is 0 Å². The summed E-state index contributed by atoms with van der Waals surface area (Å²) in [4.78, 5) is 4.36. The molecular weight excluding hydrogens is 344 g/mol. The monoisotopic (exact) mass is 360 g/mol. The molecule has 2 aromatic rings. The smallest absolute Gasteiger partial charge is 0.215 e. The second-order valence-electron chi connectivity index (χ2n) is 4.70. The molecule has 0 spiro atoms. The van der Waals surface area contributed by atoms with Gasteiger partial charge in [0.25, 0.3) is 0 Å². The molecule has 0 saturated heterocycles. The lowest BCUT2D eigenvalue weighted by Gasteiger charge is -2.06. The van der Waals surface area contributed by atoms with E-state index in [9.17, 15) is 8.42 Å². The highest BCUT2D eigenvalue weighted by Gasteiger charge is 2.11. The maximum Gasteiger partial charge on any atom is 0.215 e. The SMILES string of the molecule is COCc1nc(CCNS(=O)(=O)Cc2ccc(Cl)cc2)cs1. The summed E-state index contributed by atoms with van der Waals surface area (Å²) in [5.74, 6) is -0.0594. The molecular formula is C14H17ClN2O3S2. The van der Waals surface area contributed by atoms with Gasteiger partial charge in [0.15, 0.2) is 0 Å². The molecule has 0 aliphatic carbocycles. The van der Waals surface area contributed by atoms with Gasteiger partial charge in [-0.1, -0.05) is 23.7 Å². The Hall–Kier alpha value is -0.990. The molecule has 8 heteroatoms. The lowest BCUT2D eigenvalue weighted by atomic mass is 10.2. The third-order valence-electron chi connectivity index (χ3n) is 2.84. The van der Waals surface area contributed by atoms with Crippen molar-refractivity contribution >= 4 is 33.0 Å². The van der Waals surface area contributed by atoms with Gasteiger partial charge in [-0.3, -0.25) is 0 Å². The largest absolute Gasteiger partial charge is 0.378 e. The molecule has 0 saturated carbocycles. The van der Waals surface area contributed by atoms with Crippen LogP contribution in [0.3, 0.4) is 0 Å². The summed E-state index contributed by atoms with van der Waals surface area (Å²) >= 11 is 7.29. The van der Waals surface area contributed by atoms with Gasteiger partial charge < -0.3 is 4.74 Å². The van der Waals surface area contributed by atoms with E-state index in [1.54, 1.807) is 31.4 Å². The second-order valence-corrected chi connectivity index (χ2v) is 7.88. The van der Waals surface area contributed by atoms with E-state index in [1.807, 2.05) is 5.38 Å². The van der Waals surface area contributed by atoms with Crippen LogP contribution in [-0.2, 0) is 33.5 Å². The molecule has 1 aromatic heterocycles. The maximum atomic E-state index is 12.0. The van der Waals surface area contributed by atoms with E-state index in [0.717, 1.165) is 10.7 Å². The Bertz CT molecular complexity index is 699. The molecule has 0 atom stereocenters. The van der Waals surface area contributed by atoms with Gasteiger partial charge in [0.05, 0.1) is 18.1 Å². The van der Waals surface area contributed by atoms with Crippen LogP contribution in [0.25, 0.3) is 0 Å². The molecule has 1 heterocycles. The maximum absolute atomic E-state index is 12.0. The fraction of sp³-hybridized carbons (Fsp3) is 0.357. The zero-order valence-corrected chi connectivity index (χ0v) is 14.5. The number of hydrogen-bond acceptors (Lipinski definition) is 5. The zero-order valence-electron chi connectivity index (χ0n) is 12.1. The first-order valence-electron chi connectivity index (χ1n) is 6.62. The summed E-state index contributed by atoms with van der Waals surface area (Å²) in [6, 6.07) is 6.77. The first-order chi connectivity index (χ1) is 10.5. The number of halogens is 1. The second kappa shape index (κ2) is 8.03. The number of hydrogen-bond donors (Lipinski definition) is 1. The number of benzene rings is 1. The molecule has 2 rings (SSSR count). The number of nitrogens with zero attached hydrogens (tertiary/aromatic N) is 1. The molecule has 0 unspecified atom stereocenters. The number of rotatable bonds is 8. The van der Waals surface area contributed by atoms with Crippen molar-refractivity contribution in [3.63, 3.8) is 0 Å². The number of thiazole rings is 1. The minimum Gasteiger partial charge on any atom is -0.378 e. The van der Waals surface area contributed by atoms with Crippen molar-refractivity contribution in [1.82, 2.24) is 9.71 Å². The van der Waals surface area contributed by atoms with E-state index in [0.29, 0.717) is 30.2 Å². The Morgan fingerprint density at radius 1 is 1.32 bits per heavy atom. The fourth-order valence-corrected chi connectivity index (χ4v) is 3.91. The van der Waals surface area contributed by atoms with E-state index in [1.165, 1.54) is 11.3 Å². The molecule has 0 radical (unpaired) electrons. The van der Waals surface area contributed by atoms with Gasteiger partial charge in [-0.05, 0) is 17.7 Å². The van der Waals surface area contributed by atoms with Crippen molar-refractivity contribution in [2.45, 2.75) is 18.8 Å². The summed E-state index contributed by atoms with van der Waals surface area (Å²) in [6.07, 6.45) is 0.556. The van der Waals surface area contributed by atoms with Gasteiger partial charge in [0, 0.05) is 30.5 Å². The van der Waals surface area contributed by atoms with Crippen molar-refractivity contribution in [2.24, 2.45) is 0 Å². The molecule has 0 aliphatic heterocycles. The highest BCUT2D eigenvalue weighted by atomic mass is 35.5. The summed E-state index contributed by atoms with van der Waals surface area (Å²) < 4.78 is 31.6. The van der Waals surface area contributed by atoms with E-state index in [4.69, 9.17) is 16.3 Å². The molecule has 0 bridgehead atoms. The molecule has 0 amide bonds. The molecule has 1 aromatic carbocycles.